The maximum atomic E-state index is 12.3. The Morgan fingerprint density at radius 1 is 1.29 bits per heavy atom. The summed E-state index contributed by atoms with van der Waals surface area (Å²) in [7, 11) is 0. The van der Waals surface area contributed by atoms with Crippen LogP contribution in [0.1, 0.15) is 49.7 Å². The van der Waals surface area contributed by atoms with Crippen LogP contribution >= 0.6 is 0 Å². The molecule has 130 valence electrons. The highest BCUT2D eigenvalue weighted by atomic mass is 19.4. The summed E-state index contributed by atoms with van der Waals surface area (Å²) in [6.07, 6.45) is -1.92. The first-order chi connectivity index (χ1) is 11.2. The third-order valence-corrected chi connectivity index (χ3v) is 5.65. The van der Waals surface area contributed by atoms with E-state index in [0.717, 1.165) is 24.8 Å². The number of aryl methyl sites for hydroxylation is 1. The summed E-state index contributed by atoms with van der Waals surface area (Å²) in [4.78, 5) is 0. The fraction of sp³-hybridized carbons (Fsp3) is 0.579. The first kappa shape index (κ1) is 17.2. The zero-order chi connectivity index (χ0) is 17.5. The smallest absolute Gasteiger partial charge is 0.457 e. The third-order valence-electron chi connectivity index (χ3n) is 5.65. The van der Waals surface area contributed by atoms with Crippen molar-refractivity contribution in [2.24, 2.45) is 11.3 Å². The van der Waals surface area contributed by atoms with Gasteiger partial charge in [-0.05, 0) is 67.2 Å². The van der Waals surface area contributed by atoms with E-state index in [2.05, 4.69) is 0 Å². The highest BCUT2D eigenvalue weighted by molar-refractivity contribution is 5.39. The normalized spacial score (nSPS) is 30.5. The summed E-state index contributed by atoms with van der Waals surface area (Å²) in [5.74, 6) is 4.17. The molecular weight excluding hydrogens is 317 g/mol. The predicted molar refractivity (Wildman–Crippen MR) is 84.5 cm³/mol. The van der Waals surface area contributed by atoms with Gasteiger partial charge >= 0.3 is 6.18 Å². The molecule has 1 saturated carbocycles. The molecule has 1 fully saturated rings. The molecule has 5 heteroatoms. The highest BCUT2D eigenvalue weighted by Crippen LogP contribution is 2.52. The fourth-order valence-corrected chi connectivity index (χ4v) is 4.36. The molecule has 0 amide bonds. The van der Waals surface area contributed by atoms with Gasteiger partial charge < -0.3 is 10.2 Å². The van der Waals surface area contributed by atoms with Crippen LogP contribution in [0.15, 0.2) is 18.2 Å². The molecule has 0 saturated heterocycles. The zero-order valence-electron chi connectivity index (χ0n) is 13.5. The van der Waals surface area contributed by atoms with Gasteiger partial charge in [-0.25, -0.2) is 0 Å². The van der Waals surface area contributed by atoms with E-state index in [4.69, 9.17) is 0 Å². The number of aliphatic hydroxyl groups is 1. The minimum absolute atomic E-state index is 0.269. The molecule has 0 spiro atoms. The highest BCUT2D eigenvalue weighted by Gasteiger charge is 2.44. The van der Waals surface area contributed by atoms with E-state index >= 15 is 0 Å². The maximum absolute atomic E-state index is 12.3. The summed E-state index contributed by atoms with van der Waals surface area (Å²) in [6.45, 7) is 1.84. The summed E-state index contributed by atoms with van der Waals surface area (Å²) in [6, 6.07) is 5.46. The van der Waals surface area contributed by atoms with Gasteiger partial charge in [0, 0.05) is 11.3 Å². The van der Waals surface area contributed by atoms with Crippen LogP contribution in [0.5, 0.6) is 5.75 Å². The van der Waals surface area contributed by atoms with Gasteiger partial charge in [-0.3, -0.25) is 0 Å². The number of aromatic hydroxyl groups is 1. The molecule has 0 aliphatic heterocycles. The summed E-state index contributed by atoms with van der Waals surface area (Å²) in [5, 5.41) is 19.8. The molecule has 2 N–H and O–H groups in total. The molecule has 24 heavy (non-hydrogen) atoms. The Kier molecular flexibility index (Phi) is 4.29. The number of hydrogen-bond donors (Lipinski definition) is 2. The van der Waals surface area contributed by atoms with Crippen LogP contribution in [-0.4, -0.2) is 22.5 Å². The minimum atomic E-state index is -4.57. The van der Waals surface area contributed by atoms with Gasteiger partial charge in [-0.15, -0.1) is 0 Å². The van der Waals surface area contributed by atoms with Crippen LogP contribution < -0.4 is 0 Å². The fourth-order valence-electron chi connectivity index (χ4n) is 4.36. The van der Waals surface area contributed by atoms with Gasteiger partial charge in [-0.2, -0.15) is 13.2 Å². The number of phenols is 1. The molecular formula is C19H21F3O2. The lowest BCUT2D eigenvalue weighted by atomic mass is 9.59. The largest absolute Gasteiger partial charge is 0.508 e. The maximum Gasteiger partial charge on any atom is 0.457 e. The molecule has 3 rings (SSSR count). The molecule has 0 radical (unpaired) electrons. The van der Waals surface area contributed by atoms with E-state index < -0.39 is 17.7 Å². The van der Waals surface area contributed by atoms with E-state index in [1.54, 1.807) is 6.07 Å². The summed E-state index contributed by atoms with van der Waals surface area (Å²) in [5.41, 5.74) is 1.80. The second-order valence-electron chi connectivity index (χ2n) is 7.35. The number of halogens is 3. The van der Waals surface area contributed by atoms with Gasteiger partial charge in [0.15, 0.2) is 0 Å². The molecule has 1 aromatic rings. The Balaban J connectivity index is 1.78. The first-order valence-corrected chi connectivity index (χ1v) is 8.27. The molecule has 2 aliphatic rings. The lowest BCUT2D eigenvalue weighted by molar-refractivity contribution is -0.0704. The second kappa shape index (κ2) is 6.00. The Labute approximate surface area is 139 Å². The second-order valence-corrected chi connectivity index (χ2v) is 7.35. The Bertz CT molecular complexity index is 686. The minimum Gasteiger partial charge on any atom is -0.508 e. The van der Waals surface area contributed by atoms with Crippen molar-refractivity contribution in [1.82, 2.24) is 0 Å². The van der Waals surface area contributed by atoms with Crippen molar-refractivity contribution in [2.45, 2.75) is 57.2 Å². The Hall–Kier alpha value is -1.67. The van der Waals surface area contributed by atoms with Crippen LogP contribution in [0.3, 0.4) is 0 Å². The quantitative estimate of drug-likeness (QED) is 0.755. The van der Waals surface area contributed by atoms with Crippen molar-refractivity contribution in [3.8, 4) is 17.6 Å². The van der Waals surface area contributed by atoms with Crippen molar-refractivity contribution in [1.29, 1.82) is 0 Å². The van der Waals surface area contributed by atoms with Crippen molar-refractivity contribution in [3.63, 3.8) is 0 Å². The molecule has 0 aromatic heterocycles. The standard InChI is InChI=1S/C19H21F3O2/c1-18(17(24)7-9-19(20,21)22)8-6-16-13(11-18)3-2-12-10-14(23)4-5-15(12)16/h4-5,10,13,16-17,23-24H,2-3,6,8,11H2,1H3/t13?,16?,17?,18-/m1/s1. The van der Waals surface area contributed by atoms with Crippen molar-refractivity contribution in [3.05, 3.63) is 29.3 Å². The monoisotopic (exact) mass is 338 g/mol. The Morgan fingerprint density at radius 2 is 2.04 bits per heavy atom. The van der Waals surface area contributed by atoms with Gasteiger partial charge in [0.25, 0.3) is 0 Å². The Morgan fingerprint density at radius 3 is 2.75 bits per heavy atom. The molecule has 3 unspecified atom stereocenters. The summed E-state index contributed by atoms with van der Waals surface area (Å²) >= 11 is 0. The average molecular weight is 338 g/mol. The SMILES string of the molecule is C[C@@]1(C(O)C#CC(F)(F)F)CCC2c3ccc(O)cc3CCC2C1. The third kappa shape index (κ3) is 3.39. The molecule has 2 aliphatic carbocycles. The topological polar surface area (TPSA) is 40.5 Å². The van der Waals surface area contributed by atoms with Crippen LogP contribution in [-0.2, 0) is 6.42 Å². The number of fused-ring (bicyclic) bond motifs is 3. The molecule has 1 aromatic carbocycles. The van der Waals surface area contributed by atoms with Gasteiger partial charge in [0.1, 0.15) is 11.9 Å². The molecule has 4 atom stereocenters. The van der Waals surface area contributed by atoms with E-state index in [0.29, 0.717) is 24.7 Å². The first-order valence-electron chi connectivity index (χ1n) is 8.27. The lowest BCUT2D eigenvalue weighted by Gasteiger charge is -2.46. The van der Waals surface area contributed by atoms with Gasteiger partial charge in [-0.1, -0.05) is 18.9 Å². The van der Waals surface area contributed by atoms with E-state index in [1.165, 1.54) is 11.5 Å². The number of hydrogen-bond acceptors (Lipinski definition) is 2. The number of alkyl halides is 3. The average Bonchev–Trinajstić information content (AvgIpc) is 2.51. The van der Waals surface area contributed by atoms with Crippen molar-refractivity contribution >= 4 is 0 Å². The summed E-state index contributed by atoms with van der Waals surface area (Å²) < 4.78 is 36.8. The van der Waals surface area contributed by atoms with Gasteiger partial charge in [0.05, 0.1) is 0 Å². The molecule has 0 bridgehead atoms. The van der Waals surface area contributed by atoms with E-state index in [1.807, 2.05) is 25.0 Å². The van der Waals surface area contributed by atoms with Crippen LogP contribution in [0, 0.1) is 23.2 Å². The number of phenolic OH excluding ortho intramolecular Hbond substituents is 1. The molecule has 0 heterocycles. The van der Waals surface area contributed by atoms with Crippen molar-refractivity contribution < 1.29 is 23.4 Å². The number of benzene rings is 1. The number of rotatable bonds is 1. The molecule has 2 nitrogen and oxygen atoms in total. The van der Waals surface area contributed by atoms with Crippen LogP contribution in [0.25, 0.3) is 0 Å². The van der Waals surface area contributed by atoms with Crippen molar-refractivity contribution in [2.75, 3.05) is 0 Å². The zero-order valence-corrected chi connectivity index (χ0v) is 13.5. The van der Waals surface area contributed by atoms with E-state index in [-0.39, 0.29) is 5.75 Å². The van der Waals surface area contributed by atoms with E-state index in [9.17, 15) is 23.4 Å². The van der Waals surface area contributed by atoms with Crippen LogP contribution in [0.4, 0.5) is 13.2 Å². The predicted octanol–water partition coefficient (Wildman–Crippen LogP) is 4.16. The lowest BCUT2D eigenvalue weighted by Crippen LogP contribution is -2.40. The van der Waals surface area contributed by atoms with Gasteiger partial charge in [0.2, 0.25) is 0 Å². The number of aliphatic hydroxyl groups excluding tert-OH is 1. The van der Waals surface area contributed by atoms with Crippen LogP contribution in [0.2, 0.25) is 0 Å².